The Balaban J connectivity index is 1.83. The van der Waals surface area contributed by atoms with Crippen LogP contribution in [-0.4, -0.2) is 24.0 Å². The second kappa shape index (κ2) is 3.73. The summed E-state index contributed by atoms with van der Waals surface area (Å²) in [7, 11) is 0. The fourth-order valence-corrected chi connectivity index (χ4v) is 3.30. The van der Waals surface area contributed by atoms with Crippen molar-refractivity contribution >= 4 is 22.5 Å². The second-order valence-corrected chi connectivity index (χ2v) is 5.49. The van der Waals surface area contributed by atoms with Crippen molar-refractivity contribution in [3.8, 4) is 0 Å². The topological polar surface area (TPSA) is 34.2 Å². The number of aromatic amines is 1. The molecule has 0 bridgehead atoms. The van der Waals surface area contributed by atoms with E-state index in [0.29, 0.717) is 13.2 Å². The third-order valence-corrected chi connectivity index (χ3v) is 4.21. The lowest BCUT2D eigenvalue weighted by Gasteiger charge is -2.31. The van der Waals surface area contributed by atoms with Gasteiger partial charge < -0.3 is 14.5 Å². The highest BCUT2D eigenvalue weighted by atomic mass is 35.5. The minimum Gasteiger partial charge on any atom is -0.358 e. The highest BCUT2D eigenvalue weighted by molar-refractivity contribution is 6.31. The van der Waals surface area contributed by atoms with Crippen LogP contribution in [-0.2, 0) is 22.3 Å². The Morgan fingerprint density at radius 1 is 1.22 bits per heavy atom. The molecule has 1 aromatic carbocycles. The lowest BCUT2D eigenvalue weighted by molar-refractivity contribution is -0.164. The summed E-state index contributed by atoms with van der Waals surface area (Å²) in [4.78, 5) is 3.48. The minimum atomic E-state index is -0.377. The monoisotopic (exact) mass is 263 g/mol. The first kappa shape index (κ1) is 10.9. The van der Waals surface area contributed by atoms with Crippen molar-refractivity contribution in [1.29, 1.82) is 0 Å². The summed E-state index contributed by atoms with van der Waals surface area (Å²) in [5.74, 6) is -0.377. The number of ether oxygens (including phenoxy) is 2. The number of aryl methyl sites for hydroxylation is 1. The van der Waals surface area contributed by atoms with Crippen molar-refractivity contribution in [2.45, 2.75) is 25.0 Å². The number of hydrogen-bond donors (Lipinski definition) is 1. The Hall–Kier alpha value is -1.03. The van der Waals surface area contributed by atoms with Gasteiger partial charge in [-0.3, -0.25) is 0 Å². The third kappa shape index (κ3) is 1.51. The van der Waals surface area contributed by atoms with Crippen molar-refractivity contribution in [3.63, 3.8) is 0 Å². The molecule has 0 atom stereocenters. The quantitative estimate of drug-likeness (QED) is 0.793. The van der Waals surface area contributed by atoms with Gasteiger partial charge >= 0.3 is 0 Å². The number of rotatable bonds is 0. The van der Waals surface area contributed by atoms with Crippen LogP contribution in [0.2, 0.25) is 5.02 Å². The summed E-state index contributed by atoms with van der Waals surface area (Å²) in [6.45, 7) is 1.42. The molecule has 0 unspecified atom stereocenters. The summed E-state index contributed by atoms with van der Waals surface area (Å²) in [6.07, 6.45) is 2.73. The highest BCUT2D eigenvalue weighted by Gasteiger charge is 2.40. The van der Waals surface area contributed by atoms with E-state index in [4.69, 9.17) is 21.1 Å². The third-order valence-electron chi connectivity index (χ3n) is 3.97. The van der Waals surface area contributed by atoms with E-state index < -0.39 is 0 Å². The fourth-order valence-electron chi connectivity index (χ4n) is 3.13. The molecule has 1 fully saturated rings. The van der Waals surface area contributed by atoms with Crippen LogP contribution in [0.4, 0.5) is 0 Å². The Labute approximate surface area is 110 Å². The van der Waals surface area contributed by atoms with Crippen molar-refractivity contribution < 1.29 is 9.47 Å². The van der Waals surface area contributed by atoms with E-state index in [1.165, 1.54) is 16.6 Å². The number of nitrogens with one attached hydrogen (secondary N) is 1. The van der Waals surface area contributed by atoms with Gasteiger partial charge in [-0.25, -0.2) is 0 Å². The number of halogens is 1. The van der Waals surface area contributed by atoms with Crippen molar-refractivity contribution in [2.24, 2.45) is 0 Å². The molecule has 1 aliphatic heterocycles. The van der Waals surface area contributed by atoms with Crippen LogP contribution < -0.4 is 0 Å². The first-order chi connectivity index (χ1) is 8.76. The zero-order valence-electron chi connectivity index (χ0n) is 9.96. The van der Waals surface area contributed by atoms with Gasteiger partial charge in [0.05, 0.1) is 13.2 Å². The van der Waals surface area contributed by atoms with Crippen molar-refractivity contribution in [2.75, 3.05) is 13.2 Å². The normalized spacial score (nSPS) is 21.6. The second-order valence-electron chi connectivity index (χ2n) is 5.06. The van der Waals surface area contributed by atoms with E-state index in [2.05, 4.69) is 4.98 Å². The minimum absolute atomic E-state index is 0.377. The lowest BCUT2D eigenvalue weighted by atomic mass is 9.91. The molecule has 0 amide bonds. The molecule has 0 saturated carbocycles. The van der Waals surface area contributed by atoms with Crippen molar-refractivity contribution in [3.05, 3.63) is 34.5 Å². The Kier molecular flexibility index (Phi) is 2.25. The fraction of sp³-hybridized carbons (Fsp3) is 0.429. The molecule has 2 aliphatic rings. The van der Waals surface area contributed by atoms with E-state index in [9.17, 15) is 0 Å². The first-order valence-corrected chi connectivity index (χ1v) is 6.70. The Morgan fingerprint density at radius 3 is 2.89 bits per heavy atom. The van der Waals surface area contributed by atoms with Gasteiger partial charge in [0.25, 0.3) is 0 Å². The van der Waals surface area contributed by atoms with Gasteiger partial charge in [0.2, 0.25) is 0 Å². The van der Waals surface area contributed by atoms with E-state index in [0.717, 1.165) is 29.8 Å². The lowest BCUT2D eigenvalue weighted by Crippen LogP contribution is -2.36. The summed E-state index contributed by atoms with van der Waals surface area (Å²) in [5, 5.41) is 2.03. The maximum absolute atomic E-state index is 6.08. The molecule has 1 N–H and O–H groups in total. The number of H-pyrrole nitrogens is 1. The Bertz CT molecular complexity index is 614. The molecule has 1 aliphatic carbocycles. The van der Waals surface area contributed by atoms with Crippen LogP contribution in [0.5, 0.6) is 0 Å². The molecule has 2 aromatic rings. The number of fused-ring (bicyclic) bond motifs is 3. The number of aromatic nitrogens is 1. The van der Waals surface area contributed by atoms with Crippen molar-refractivity contribution in [1.82, 2.24) is 4.98 Å². The summed E-state index contributed by atoms with van der Waals surface area (Å²) >= 11 is 6.08. The van der Waals surface area contributed by atoms with Crippen LogP contribution in [0.1, 0.15) is 17.7 Å². The predicted octanol–water partition coefficient (Wildman–Crippen LogP) is 3.05. The molecule has 3 nitrogen and oxygen atoms in total. The van der Waals surface area contributed by atoms with Gasteiger partial charge in [-0.1, -0.05) is 11.6 Å². The largest absolute Gasteiger partial charge is 0.358 e. The molecular weight excluding hydrogens is 250 g/mol. The van der Waals surface area contributed by atoms with Gasteiger partial charge in [0.1, 0.15) is 0 Å². The molecule has 1 spiro atoms. The standard InChI is InChI=1S/C14H14ClNO2/c15-9-1-2-12-11(7-9)10-3-4-14(8-13(10)16-12)17-5-6-18-14/h1-2,7,16H,3-6,8H2. The van der Waals surface area contributed by atoms with Crippen LogP contribution >= 0.6 is 11.6 Å². The highest BCUT2D eigenvalue weighted by Crippen LogP contribution is 2.38. The average molecular weight is 264 g/mol. The molecule has 4 rings (SSSR count). The maximum Gasteiger partial charge on any atom is 0.174 e. The van der Waals surface area contributed by atoms with Crippen LogP contribution in [0.15, 0.2) is 18.2 Å². The molecule has 94 valence electrons. The van der Waals surface area contributed by atoms with Crippen LogP contribution in [0.25, 0.3) is 10.9 Å². The molecule has 4 heteroatoms. The average Bonchev–Trinajstić information content (AvgIpc) is 2.94. The maximum atomic E-state index is 6.08. The SMILES string of the molecule is Clc1ccc2[nH]c3c(c2c1)CCC1(C3)OCCO1. The van der Waals surface area contributed by atoms with Crippen LogP contribution in [0, 0.1) is 0 Å². The number of benzene rings is 1. The number of hydrogen-bond acceptors (Lipinski definition) is 2. The van der Waals surface area contributed by atoms with Gasteiger partial charge in [-0.05, 0) is 30.2 Å². The van der Waals surface area contributed by atoms with Gasteiger partial charge in [0.15, 0.2) is 5.79 Å². The van der Waals surface area contributed by atoms with E-state index in [-0.39, 0.29) is 5.79 Å². The molecule has 1 saturated heterocycles. The zero-order valence-corrected chi connectivity index (χ0v) is 10.7. The molecule has 18 heavy (non-hydrogen) atoms. The zero-order chi connectivity index (χ0) is 12.2. The summed E-state index contributed by atoms with van der Waals surface area (Å²) in [6, 6.07) is 6.00. The van der Waals surface area contributed by atoms with Gasteiger partial charge in [-0.2, -0.15) is 0 Å². The summed E-state index contributed by atoms with van der Waals surface area (Å²) in [5.41, 5.74) is 3.76. The Morgan fingerprint density at radius 2 is 2.06 bits per heavy atom. The van der Waals surface area contributed by atoms with E-state index in [1.54, 1.807) is 0 Å². The van der Waals surface area contributed by atoms with Gasteiger partial charge in [0, 0.05) is 34.5 Å². The first-order valence-electron chi connectivity index (χ1n) is 6.33. The molecule has 0 radical (unpaired) electrons. The smallest absolute Gasteiger partial charge is 0.174 e. The van der Waals surface area contributed by atoms with E-state index in [1.807, 2.05) is 18.2 Å². The molecular formula is C14H14ClNO2. The van der Waals surface area contributed by atoms with E-state index >= 15 is 0 Å². The molecule has 2 heterocycles. The van der Waals surface area contributed by atoms with Crippen LogP contribution in [0.3, 0.4) is 0 Å². The molecule has 1 aromatic heterocycles. The summed E-state index contributed by atoms with van der Waals surface area (Å²) < 4.78 is 11.6. The van der Waals surface area contributed by atoms with Gasteiger partial charge in [-0.15, -0.1) is 0 Å². The predicted molar refractivity (Wildman–Crippen MR) is 70.0 cm³/mol.